The highest BCUT2D eigenvalue weighted by Crippen LogP contribution is 2.26. The third-order valence-corrected chi connectivity index (χ3v) is 9.38. The zero-order chi connectivity index (χ0) is 29.7. The molecule has 11 nitrogen and oxygen atoms in total. The largest absolute Gasteiger partial charge is 0.457 e. The van der Waals surface area contributed by atoms with E-state index in [1.165, 1.54) is 26.2 Å². The van der Waals surface area contributed by atoms with Gasteiger partial charge >= 0.3 is 0 Å². The molecule has 0 spiro atoms. The fraction of sp³-hybridized carbons (Fsp3) is 0.433. The minimum absolute atomic E-state index is 0.0328. The monoisotopic (exact) mass is 595 g/mol. The van der Waals surface area contributed by atoms with Gasteiger partial charge in [0.25, 0.3) is 10.0 Å². The summed E-state index contributed by atoms with van der Waals surface area (Å²) in [6.07, 6.45) is 2.28. The topological polar surface area (TPSA) is 123 Å². The molecule has 224 valence electrons. The highest BCUT2D eigenvalue weighted by molar-refractivity contribution is 7.89. The Kier molecular flexibility index (Phi) is 9.24. The average molecular weight is 596 g/mol. The maximum Gasteiger partial charge on any atom is 0.260 e. The maximum atomic E-state index is 13.6. The van der Waals surface area contributed by atoms with Crippen LogP contribution in [0.5, 0.6) is 11.5 Å². The van der Waals surface area contributed by atoms with Gasteiger partial charge in [0.05, 0.1) is 37.9 Å². The van der Waals surface area contributed by atoms with Crippen molar-refractivity contribution in [1.29, 1.82) is 0 Å². The Bertz CT molecular complexity index is 1520. The molecule has 2 atom stereocenters. The molecule has 2 aliphatic heterocycles. The van der Waals surface area contributed by atoms with Gasteiger partial charge in [-0.3, -0.25) is 14.3 Å². The number of hydrogen-bond acceptors (Lipinski definition) is 7. The molecule has 1 N–H and O–H groups in total. The second kappa shape index (κ2) is 13.1. The second-order valence-electron chi connectivity index (χ2n) is 10.5. The molecule has 1 aromatic heterocycles. The summed E-state index contributed by atoms with van der Waals surface area (Å²) in [5.74, 6) is 0.675. The molecule has 12 heteroatoms. The molecule has 3 aromatic rings. The molecule has 5 rings (SSSR count). The lowest BCUT2D eigenvalue weighted by atomic mass is 10.0. The highest BCUT2D eigenvalue weighted by Gasteiger charge is 2.38. The van der Waals surface area contributed by atoms with Crippen LogP contribution in [-0.2, 0) is 43.9 Å². The number of carbonyl (C=O) groups excluding carboxylic acids is 2. The number of likely N-dealkylation sites (N-methyl/N-ethyl adjacent to an activating group) is 1. The van der Waals surface area contributed by atoms with E-state index in [0.29, 0.717) is 31.0 Å². The van der Waals surface area contributed by atoms with E-state index >= 15 is 0 Å². The van der Waals surface area contributed by atoms with Gasteiger partial charge in [-0.05, 0) is 61.2 Å². The first-order valence-corrected chi connectivity index (χ1v) is 15.8. The lowest BCUT2D eigenvalue weighted by Gasteiger charge is -2.38. The smallest absolute Gasteiger partial charge is 0.260 e. The van der Waals surface area contributed by atoms with Gasteiger partial charge in [-0.1, -0.05) is 31.2 Å². The minimum atomic E-state index is -3.86. The second-order valence-corrected chi connectivity index (χ2v) is 12.4. The molecule has 2 aliphatic rings. The third-order valence-electron chi connectivity index (χ3n) is 7.50. The van der Waals surface area contributed by atoms with E-state index in [-0.39, 0.29) is 49.5 Å². The predicted molar refractivity (Wildman–Crippen MR) is 155 cm³/mol. The van der Waals surface area contributed by atoms with E-state index in [4.69, 9.17) is 9.47 Å². The van der Waals surface area contributed by atoms with Crippen molar-refractivity contribution in [3.63, 3.8) is 0 Å². The number of ether oxygens (including phenoxy) is 2. The van der Waals surface area contributed by atoms with Crippen LogP contribution >= 0.6 is 0 Å². The van der Waals surface area contributed by atoms with Crippen molar-refractivity contribution in [2.75, 3.05) is 26.2 Å². The first-order valence-electron chi connectivity index (χ1n) is 14.3. The Morgan fingerprint density at radius 1 is 1.02 bits per heavy atom. The van der Waals surface area contributed by atoms with E-state index in [2.05, 4.69) is 10.4 Å². The van der Waals surface area contributed by atoms with Gasteiger partial charge in [0.2, 0.25) is 11.8 Å². The number of nitrogens with zero attached hydrogens (tertiary/aromatic N) is 4. The number of hydrogen-bond donors (Lipinski definition) is 1. The number of aromatic nitrogens is 2. The highest BCUT2D eigenvalue weighted by atomic mass is 32.2. The van der Waals surface area contributed by atoms with Crippen LogP contribution in [0.15, 0.2) is 65.8 Å². The fourth-order valence-electron chi connectivity index (χ4n) is 5.35. The predicted octanol–water partition coefficient (Wildman–Crippen LogP) is 2.95. The summed E-state index contributed by atoms with van der Waals surface area (Å²) < 4.78 is 42.5. The van der Waals surface area contributed by atoms with Gasteiger partial charge in [-0.2, -0.15) is 9.40 Å². The first-order chi connectivity index (χ1) is 20.3. The van der Waals surface area contributed by atoms with E-state index in [0.717, 1.165) is 17.5 Å². The van der Waals surface area contributed by atoms with E-state index in [9.17, 15) is 18.0 Å². The van der Waals surface area contributed by atoms with Crippen molar-refractivity contribution in [3.05, 3.63) is 71.9 Å². The molecular weight excluding hydrogens is 558 g/mol. The van der Waals surface area contributed by atoms with Crippen molar-refractivity contribution in [2.45, 2.75) is 63.4 Å². The van der Waals surface area contributed by atoms with Crippen molar-refractivity contribution in [3.8, 4) is 11.5 Å². The summed E-state index contributed by atoms with van der Waals surface area (Å²) >= 11 is 0. The molecular formula is C30H37N5O6S. The molecule has 0 aliphatic carbocycles. The number of carbonyl (C=O) groups is 2. The Morgan fingerprint density at radius 3 is 2.50 bits per heavy atom. The van der Waals surface area contributed by atoms with Crippen molar-refractivity contribution in [1.82, 2.24) is 24.3 Å². The standard InChI is InChI=1S/C30H37N5O6S/c1-3-14-35-30(11-13-31-35)42(38,39)34-15-12-27-26(19-34)32-28(36)20-33(4-2)29(37)18-22-7-5-9-24(16-22)41-25-10-6-8-23(17-25)21-40-27/h5-11,13,16-17,26-27H,3-4,12,14-15,18-21H2,1-2H3,(H,32,36)/t26-,27-/m0/s1. The average Bonchev–Trinajstić information content (AvgIpc) is 3.44. The summed E-state index contributed by atoms with van der Waals surface area (Å²) in [4.78, 5) is 27.9. The molecule has 0 radical (unpaired) electrons. The Labute approximate surface area is 246 Å². The summed E-state index contributed by atoms with van der Waals surface area (Å²) in [5, 5.41) is 7.30. The van der Waals surface area contributed by atoms with Crippen LogP contribution in [0.3, 0.4) is 0 Å². The molecule has 2 aromatic carbocycles. The number of rotatable bonds is 5. The van der Waals surface area contributed by atoms with Gasteiger partial charge in [-0.15, -0.1) is 0 Å². The number of piperidine rings is 1. The molecule has 1 fully saturated rings. The van der Waals surface area contributed by atoms with Crippen molar-refractivity contribution < 1.29 is 27.5 Å². The third kappa shape index (κ3) is 6.83. The molecule has 4 bridgehead atoms. The van der Waals surface area contributed by atoms with Crippen LogP contribution in [0.25, 0.3) is 0 Å². The van der Waals surface area contributed by atoms with Gasteiger partial charge in [0.1, 0.15) is 11.5 Å². The van der Waals surface area contributed by atoms with Crippen molar-refractivity contribution in [2.24, 2.45) is 0 Å². The quantitative estimate of drug-likeness (QED) is 0.481. The minimum Gasteiger partial charge on any atom is -0.457 e. The Balaban J connectivity index is 1.42. The fourth-order valence-corrected chi connectivity index (χ4v) is 6.96. The number of sulfonamides is 1. The molecule has 3 heterocycles. The summed E-state index contributed by atoms with van der Waals surface area (Å²) in [5.41, 5.74) is 1.65. The van der Waals surface area contributed by atoms with Gasteiger partial charge in [-0.25, -0.2) is 8.42 Å². The van der Waals surface area contributed by atoms with Gasteiger partial charge < -0.3 is 19.7 Å². The lowest BCUT2D eigenvalue weighted by molar-refractivity contribution is -0.136. The molecule has 0 unspecified atom stereocenters. The summed E-state index contributed by atoms with van der Waals surface area (Å²) in [7, 11) is -3.86. The van der Waals surface area contributed by atoms with Crippen LogP contribution in [-0.4, -0.2) is 77.5 Å². The molecule has 0 saturated carbocycles. The zero-order valence-electron chi connectivity index (χ0n) is 23.9. The normalized spacial score (nSPS) is 20.8. The number of amides is 2. The van der Waals surface area contributed by atoms with Crippen LogP contribution in [0, 0.1) is 0 Å². The maximum absolute atomic E-state index is 13.6. The van der Waals surface area contributed by atoms with Crippen LogP contribution < -0.4 is 10.1 Å². The molecule has 42 heavy (non-hydrogen) atoms. The van der Waals surface area contributed by atoms with E-state index < -0.39 is 22.2 Å². The van der Waals surface area contributed by atoms with Crippen LogP contribution in [0.1, 0.15) is 37.8 Å². The Hall–Kier alpha value is -3.74. The number of fused-ring (bicyclic) bond motifs is 5. The van der Waals surface area contributed by atoms with Crippen LogP contribution in [0.4, 0.5) is 0 Å². The zero-order valence-corrected chi connectivity index (χ0v) is 24.8. The van der Waals surface area contributed by atoms with E-state index in [1.54, 1.807) is 0 Å². The number of benzene rings is 2. The van der Waals surface area contributed by atoms with Gasteiger partial charge in [0.15, 0.2) is 5.03 Å². The summed E-state index contributed by atoms with van der Waals surface area (Å²) in [6, 6.07) is 15.8. The summed E-state index contributed by atoms with van der Waals surface area (Å²) in [6.45, 7) is 4.98. The van der Waals surface area contributed by atoms with E-state index in [1.807, 2.05) is 62.4 Å². The lowest BCUT2D eigenvalue weighted by Crippen LogP contribution is -2.58. The Morgan fingerprint density at radius 2 is 1.76 bits per heavy atom. The number of aryl methyl sites for hydroxylation is 1. The first kappa shape index (κ1) is 29.7. The molecule has 2 amide bonds. The molecule has 1 saturated heterocycles. The van der Waals surface area contributed by atoms with Gasteiger partial charge in [0, 0.05) is 26.2 Å². The SMILES string of the molecule is CCCn1nccc1S(=O)(=O)N1CC[C@@H]2OCc3cccc(c3)Oc3cccc(c3)CC(=O)N(CC)CC(=O)N[C@H]2C1. The van der Waals surface area contributed by atoms with Crippen molar-refractivity contribution >= 4 is 21.8 Å². The van der Waals surface area contributed by atoms with Crippen LogP contribution in [0.2, 0.25) is 0 Å². The number of nitrogens with one attached hydrogen (secondary N) is 1.